The zero-order chi connectivity index (χ0) is 7.98. The highest BCUT2D eigenvalue weighted by molar-refractivity contribution is 5.08. The molecular formula is C5H10N4O. The summed E-state index contributed by atoms with van der Waals surface area (Å²) < 4.78 is 0. The molecule has 5 heteroatoms. The fourth-order valence-electron chi connectivity index (χ4n) is 0.318. The number of anilines is 1. The van der Waals surface area contributed by atoms with Crippen LogP contribution in [0.25, 0.3) is 0 Å². The number of nitrogens with two attached hydrogens (primary N) is 1. The molecule has 3 N–H and O–H groups in total. The van der Waals surface area contributed by atoms with Crippen molar-refractivity contribution in [2.75, 3.05) is 5.73 Å². The summed E-state index contributed by atoms with van der Waals surface area (Å²) in [4.78, 5) is 19.1. The summed E-state index contributed by atoms with van der Waals surface area (Å²) >= 11 is 0. The molecule has 5 nitrogen and oxygen atoms in total. The molecule has 1 rings (SSSR count). The second kappa shape index (κ2) is 4.49. The van der Waals surface area contributed by atoms with E-state index in [1.165, 1.54) is 0 Å². The van der Waals surface area contributed by atoms with Crippen molar-refractivity contribution in [2.24, 2.45) is 0 Å². The van der Waals surface area contributed by atoms with Crippen LogP contribution in [0.3, 0.4) is 0 Å². The zero-order valence-corrected chi connectivity index (χ0v) is 5.96. The van der Waals surface area contributed by atoms with Gasteiger partial charge in [-0.05, 0) is 0 Å². The standard InChI is InChI=1S/C3H4N4O.C2H6/c4-2-5-1-6-3(8)7-2;1-2/h1H,(H3,4,5,6,7,8);1-2H3. The van der Waals surface area contributed by atoms with Gasteiger partial charge in [-0.1, -0.05) is 13.8 Å². The number of nitrogen functional groups attached to an aromatic ring is 1. The average Bonchev–Trinajstić information content (AvgIpc) is 1.91. The number of H-pyrrole nitrogens is 1. The average molecular weight is 142 g/mol. The highest BCUT2D eigenvalue weighted by Crippen LogP contribution is 1.73. The predicted octanol–water partition coefficient (Wildman–Crippen LogP) is -0.227. The topological polar surface area (TPSA) is 84.7 Å². The molecule has 0 saturated carbocycles. The summed E-state index contributed by atoms with van der Waals surface area (Å²) in [6.07, 6.45) is 1.11. The Morgan fingerprint density at radius 1 is 1.50 bits per heavy atom. The van der Waals surface area contributed by atoms with Crippen LogP contribution in [0.5, 0.6) is 0 Å². The lowest BCUT2D eigenvalue weighted by molar-refractivity contribution is 1.000. The van der Waals surface area contributed by atoms with E-state index in [-0.39, 0.29) is 5.95 Å². The Balaban J connectivity index is 0.000000371. The molecule has 0 aliphatic rings. The van der Waals surface area contributed by atoms with Crippen molar-refractivity contribution < 1.29 is 0 Å². The molecule has 0 bridgehead atoms. The van der Waals surface area contributed by atoms with Crippen LogP contribution in [0.2, 0.25) is 0 Å². The highest BCUT2D eigenvalue weighted by Gasteiger charge is 1.82. The van der Waals surface area contributed by atoms with Crippen molar-refractivity contribution in [2.45, 2.75) is 13.8 Å². The lowest BCUT2D eigenvalue weighted by atomic mass is 11.0. The Morgan fingerprint density at radius 3 is 2.40 bits per heavy atom. The second-order valence-corrected chi connectivity index (χ2v) is 1.19. The molecule has 0 saturated heterocycles. The van der Waals surface area contributed by atoms with Gasteiger partial charge >= 0.3 is 5.69 Å². The van der Waals surface area contributed by atoms with Crippen LogP contribution in [0.4, 0.5) is 5.95 Å². The first-order chi connectivity index (χ1) is 4.79. The van der Waals surface area contributed by atoms with Gasteiger partial charge in [0.05, 0.1) is 0 Å². The van der Waals surface area contributed by atoms with Crippen LogP contribution in [0.1, 0.15) is 13.8 Å². The molecule has 1 aromatic heterocycles. The quantitative estimate of drug-likeness (QED) is 0.524. The summed E-state index contributed by atoms with van der Waals surface area (Å²) in [5.74, 6) is 0.0880. The number of aromatic amines is 1. The van der Waals surface area contributed by atoms with Crippen LogP contribution in [0.15, 0.2) is 11.1 Å². The monoisotopic (exact) mass is 142 g/mol. The third-order valence-electron chi connectivity index (χ3n) is 0.607. The SMILES string of the molecule is CC.Nc1ncnc(=O)[nH]1. The molecule has 1 heterocycles. The molecule has 0 unspecified atom stereocenters. The van der Waals surface area contributed by atoms with Crippen molar-refractivity contribution in [3.05, 3.63) is 16.8 Å². The molecule has 0 atom stereocenters. The first-order valence-corrected chi connectivity index (χ1v) is 2.96. The Bertz CT molecular complexity index is 231. The van der Waals surface area contributed by atoms with Crippen molar-refractivity contribution in [1.82, 2.24) is 15.0 Å². The van der Waals surface area contributed by atoms with E-state index in [1.54, 1.807) is 0 Å². The minimum Gasteiger partial charge on any atom is -0.369 e. The molecule has 0 spiro atoms. The Morgan fingerprint density at radius 2 is 2.10 bits per heavy atom. The third-order valence-corrected chi connectivity index (χ3v) is 0.607. The zero-order valence-electron chi connectivity index (χ0n) is 5.96. The molecule has 10 heavy (non-hydrogen) atoms. The number of nitrogens with zero attached hydrogens (tertiary/aromatic N) is 2. The number of rotatable bonds is 0. The van der Waals surface area contributed by atoms with Gasteiger partial charge in [0.2, 0.25) is 5.95 Å². The smallest absolute Gasteiger partial charge is 0.349 e. The fourth-order valence-corrected chi connectivity index (χ4v) is 0.318. The van der Waals surface area contributed by atoms with Crippen LogP contribution in [-0.2, 0) is 0 Å². The van der Waals surface area contributed by atoms with Gasteiger partial charge in [0.1, 0.15) is 6.33 Å². The lowest BCUT2D eigenvalue weighted by Gasteiger charge is -1.83. The van der Waals surface area contributed by atoms with Crippen LogP contribution in [0, 0.1) is 0 Å². The number of nitrogens with one attached hydrogen (secondary N) is 1. The van der Waals surface area contributed by atoms with Gasteiger partial charge in [-0.3, -0.25) is 4.98 Å². The van der Waals surface area contributed by atoms with Crippen LogP contribution >= 0.6 is 0 Å². The number of aromatic nitrogens is 3. The summed E-state index contributed by atoms with van der Waals surface area (Å²) in [6, 6.07) is 0. The maximum absolute atomic E-state index is 10.2. The fraction of sp³-hybridized carbons (Fsp3) is 0.400. The van der Waals surface area contributed by atoms with Crippen molar-refractivity contribution >= 4 is 5.95 Å². The first kappa shape index (κ1) is 8.61. The van der Waals surface area contributed by atoms with Gasteiger partial charge < -0.3 is 5.73 Å². The molecule has 56 valence electrons. The maximum Gasteiger partial charge on any atom is 0.349 e. The Kier molecular flexibility index (Phi) is 3.86. The molecule has 0 radical (unpaired) electrons. The summed E-state index contributed by atoms with van der Waals surface area (Å²) in [5.41, 5.74) is 4.58. The van der Waals surface area contributed by atoms with Gasteiger partial charge in [-0.15, -0.1) is 0 Å². The number of hydrogen-bond donors (Lipinski definition) is 2. The van der Waals surface area contributed by atoms with E-state index in [4.69, 9.17) is 5.73 Å². The largest absolute Gasteiger partial charge is 0.369 e. The van der Waals surface area contributed by atoms with Gasteiger partial charge in [-0.2, -0.15) is 4.98 Å². The van der Waals surface area contributed by atoms with Gasteiger partial charge in [0.15, 0.2) is 0 Å². The Hall–Kier alpha value is -1.39. The molecule has 0 aromatic carbocycles. The van der Waals surface area contributed by atoms with Gasteiger partial charge in [-0.25, -0.2) is 9.78 Å². The summed E-state index contributed by atoms with van der Waals surface area (Å²) in [7, 11) is 0. The Labute approximate surface area is 58.3 Å². The second-order valence-electron chi connectivity index (χ2n) is 1.19. The van der Waals surface area contributed by atoms with E-state index in [0.717, 1.165) is 6.33 Å². The van der Waals surface area contributed by atoms with Crippen molar-refractivity contribution in [3.63, 3.8) is 0 Å². The van der Waals surface area contributed by atoms with E-state index in [1.807, 2.05) is 13.8 Å². The van der Waals surface area contributed by atoms with Crippen molar-refractivity contribution in [1.29, 1.82) is 0 Å². The van der Waals surface area contributed by atoms with E-state index in [0.29, 0.717) is 0 Å². The molecular weight excluding hydrogens is 132 g/mol. The van der Waals surface area contributed by atoms with Crippen molar-refractivity contribution in [3.8, 4) is 0 Å². The molecule has 0 amide bonds. The normalized spacial score (nSPS) is 7.80. The predicted molar refractivity (Wildman–Crippen MR) is 38.4 cm³/mol. The third kappa shape index (κ3) is 2.81. The van der Waals surface area contributed by atoms with E-state index < -0.39 is 5.69 Å². The van der Waals surface area contributed by atoms with Gasteiger partial charge in [0.25, 0.3) is 0 Å². The molecule has 0 aliphatic heterocycles. The minimum atomic E-state index is -0.475. The lowest BCUT2D eigenvalue weighted by Crippen LogP contribution is -2.12. The van der Waals surface area contributed by atoms with Crippen LogP contribution < -0.4 is 11.4 Å². The van der Waals surface area contributed by atoms with E-state index in [9.17, 15) is 4.79 Å². The molecule has 0 fully saturated rings. The van der Waals surface area contributed by atoms with E-state index >= 15 is 0 Å². The van der Waals surface area contributed by atoms with E-state index in [2.05, 4.69) is 15.0 Å². The summed E-state index contributed by atoms with van der Waals surface area (Å²) in [5, 5.41) is 0. The van der Waals surface area contributed by atoms with Crippen LogP contribution in [-0.4, -0.2) is 15.0 Å². The molecule has 1 aromatic rings. The minimum absolute atomic E-state index is 0.0880. The summed E-state index contributed by atoms with van der Waals surface area (Å²) in [6.45, 7) is 4.00. The highest BCUT2D eigenvalue weighted by atomic mass is 16.1. The van der Waals surface area contributed by atoms with Gasteiger partial charge in [0, 0.05) is 0 Å². The maximum atomic E-state index is 10.2. The number of hydrogen-bond acceptors (Lipinski definition) is 4. The molecule has 0 aliphatic carbocycles. The first-order valence-electron chi connectivity index (χ1n) is 2.96.